The molecule has 0 aliphatic heterocycles. The molecule has 2 aromatic carbocycles. The van der Waals surface area contributed by atoms with Gasteiger partial charge in [-0.25, -0.2) is 4.79 Å². The zero-order valence-corrected chi connectivity index (χ0v) is 26.6. The van der Waals surface area contributed by atoms with Crippen LogP contribution in [0.4, 0.5) is 5.00 Å². The van der Waals surface area contributed by atoms with Crippen LogP contribution in [-0.2, 0) is 40.1 Å². The Morgan fingerprint density at radius 3 is 2.57 bits per heavy atom. The number of methoxy groups -OCH3 is 1. The fourth-order valence-corrected chi connectivity index (χ4v) is 7.23. The third kappa shape index (κ3) is 7.13. The molecular weight excluding hydrogens is 599 g/mol. The SMILES string of the molecule is CCOC(=O)c1c(NC(=O)[C@@H](C)Sc2nnc(CNC(=O)Cc3ccccc3)n2-c2ccccc2OC)sc2c1CCCC2. The lowest BCUT2D eigenvalue weighted by Crippen LogP contribution is -2.26. The number of thiophene rings is 1. The lowest BCUT2D eigenvalue weighted by Gasteiger charge is -2.16. The lowest BCUT2D eigenvalue weighted by molar-refractivity contribution is -0.120. The number of rotatable bonds is 12. The van der Waals surface area contributed by atoms with E-state index in [9.17, 15) is 14.4 Å². The minimum absolute atomic E-state index is 0.126. The van der Waals surface area contributed by atoms with Crippen molar-refractivity contribution >= 4 is 45.9 Å². The summed E-state index contributed by atoms with van der Waals surface area (Å²) in [5, 5.41) is 15.1. The Kier molecular flexibility index (Phi) is 10.3. The van der Waals surface area contributed by atoms with Gasteiger partial charge in [0.05, 0.1) is 43.2 Å². The number of carbonyl (C=O) groups is 3. The van der Waals surface area contributed by atoms with E-state index in [0.29, 0.717) is 33.0 Å². The summed E-state index contributed by atoms with van der Waals surface area (Å²) in [6.45, 7) is 3.94. The minimum atomic E-state index is -0.595. The lowest BCUT2D eigenvalue weighted by atomic mass is 9.95. The second-order valence-electron chi connectivity index (χ2n) is 10.2. The molecule has 230 valence electrons. The first-order chi connectivity index (χ1) is 21.4. The molecule has 0 saturated carbocycles. The van der Waals surface area contributed by atoms with E-state index in [1.807, 2.05) is 54.6 Å². The van der Waals surface area contributed by atoms with Gasteiger partial charge in [0.1, 0.15) is 10.8 Å². The molecule has 10 nitrogen and oxygen atoms in total. The standard InChI is InChI=1S/C32H35N5O5S2/c1-4-42-31(40)28-22-14-8-11-17-25(22)44-30(28)34-29(39)20(2)43-32-36-35-26(37(32)23-15-9-10-16-24(23)41-3)19-33-27(38)18-21-12-6-5-7-13-21/h5-7,9-10,12-13,15-16,20H,4,8,11,14,17-19H2,1-3H3,(H,33,38)(H,34,39)/t20-/m1/s1. The molecule has 2 aromatic heterocycles. The number of para-hydroxylation sites is 2. The van der Waals surface area contributed by atoms with Gasteiger partial charge in [0.2, 0.25) is 11.8 Å². The van der Waals surface area contributed by atoms with Gasteiger partial charge in [-0.05, 0) is 62.8 Å². The number of thioether (sulfide) groups is 1. The number of amides is 2. The van der Waals surface area contributed by atoms with Crippen LogP contribution in [0.15, 0.2) is 59.8 Å². The molecule has 1 atom stereocenters. The highest BCUT2D eigenvalue weighted by Gasteiger charge is 2.29. The van der Waals surface area contributed by atoms with E-state index in [1.54, 1.807) is 25.5 Å². The monoisotopic (exact) mass is 633 g/mol. The van der Waals surface area contributed by atoms with E-state index in [4.69, 9.17) is 9.47 Å². The van der Waals surface area contributed by atoms with Gasteiger partial charge < -0.3 is 20.1 Å². The number of ether oxygens (including phenoxy) is 2. The molecule has 5 rings (SSSR count). The molecule has 1 aliphatic rings. The van der Waals surface area contributed by atoms with Gasteiger partial charge in [-0.3, -0.25) is 14.2 Å². The van der Waals surface area contributed by atoms with Crippen molar-refractivity contribution in [2.75, 3.05) is 19.0 Å². The van der Waals surface area contributed by atoms with Crippen LogP contribution in [0.25, 0.3) is 5.69 Å². The first-order valence-corrected chi connectivity index (χ1v) is 16.3. The number of hydrogen-bond acceptors (Lipinski definition) is 9. The Morgan fingerprint density at radius 1 is 1.05 bits per heavy atom. The largest absolute Gasteiger partial charge is 0.495 e. The predicted molar refractivity (Wildman–Crippen MR) is 171 cm³/mol. The van der Waals surface area contributed by atoms with Crippen LogP contribution in [0.1, 0.15) is 58.9 Å². The number of fused-ring (bicyclic) bond motifs is 1. The fraction of sp³-hybridized carbons (Fsp3) is 0.344. The smallest absolute Gasteiger partial charge is 0.341 e. The average Bonchev–Trinajstić information content (AvgIpc) is 3.60. The zero-order valence-electron chi connectivity index (χ0n) is 24.9. The minimum Gasteiger partial charge on any atom is -0.495 e. The number of anilines is 1. The Bertz CT molecular complexity index is 1640. The first kappa shape index (κ1) is 31.3. The third-order valence-electron chi connectivity index (χ3n) is 7.22. The third-order valence-corrected chi connectivity index (χ3v) is 9.47. The van der Waals surface area contributed by atoms with E-state index in [0.717, 1.165) is 41.7 Å². The second kappa shape index (κ2) is 14.5. The molecular formula is C32H35N5O5S2. The van der Waals surface area contributed by atoms with E-state index < -0.39 is 11.2 Å². The topological polar surface area (TPSA) is 124 Å². The van der Waals surface area contributed by atoms with Crippen molar-refractivity contribution in [2.24, 2.45) is 0 Å². The van der Waals surface area contributed by atoms with Gasteiger partial charge >= 0.3 is 5.97 Å². The van der Waals surface area contributed by atoms with Crippen LogP contribution in [0.5, 0.6) is 5.75 Å². The normalized spacial score (nSPS) is 13.1. The number of nitrogens with zero attached hydrogens (tertiary/aromatic N) is 3. The van der Waals surface area contributed by atoms with Crippen LogP contribution in [0.2, 0.25) is 0 Å². The average molecular weight is 634 g/mol. The summed E-state index contributed by atoms with van der Waals surface area (Å²) in [5.41, 5.74) is 3.05. The quantitative estimate of drug-likeness (QED) is 0.158. The van der Waals surface area contributed by atoms with Gasteiger partial charge in [0.15, 0.2) is 11.0 Å². The Balaban J connectivity index is 1.36. The van der Waals surface area contributed by atoms with Crippen LogP contribution in [0, 0.1) is 0 Å². The summed E-state index contributed by atoms with van der Waals surface area (Å²) in [6, 6.07) is 16.9. The predicted octanol–water partition coefficient (Wildman–Crippen LogP) is 5.37. The number of aryl methyl sites for hydroxylation is 1. The van der Waals surface area contributed by atoms with Crippen LogP contribution in [-0.4, -0.2) is 51.5 Å². The Morgan fingerprint density at radius 2 is 1.80 bits per heavy atom. The maximum atomic E-state index is 13.5. The fourth-order valence-electron chi connectivity index (χ4n) is 5.07. The van der Waals surface area contributed by atoms with Crippen molar-refractivity contribution in [3.8, 4) is 11.4 Å². The Labute approximate surface area is 264 Å². The van der Waals surface area contributed by atoms with E-state index in [-0.39, 0.29) is 31.4 Å². The molecule has 0 radical (unpaired) electrons. The first-order valence-electron chi connectivity index (χ1n) is 14.6. The molecule has 2 amide bonds. The number of carbonyl (C=O) groups excluding carboxylic acids is 3. The van der Waals surface area contributed by atoms with Gasteiger partial charge in [0, 0.05) is 4.88 Å². The molecule has 0 unspecified atom stereocenters. The highest BCUT2D eigenvalue weighted by Crippen LogP contribution is 2.39. The van der Waals surface area contributed by atoms with Gasteiger partial charge in [-0.15, -0.1) is 21.5 Å². The number of hydrogen-bond donors (Lipinski definition) is 2. The van der Waals surface area contributed by atoms with Gasteiger partial charge in [-0.1, -0.05) is 54.2 Å². The summed E-state index contributed by atoms with van der Waals surface area (Å²) >= 11 is 2.68. The highest BCUT2D eigenvalue weighted by atomic mass is 32.2. The van der Waals surface area contributed by atoms with Crippen molar-refractivity contribution < 1.29 is 23.9 Å². The van der Waals surface area contributed by atoms with Crippen LogP contribution in [0.3, 0.4) is 0 Å². The zero-order chi connectivity index (χ0) is 31.1. The van der Waals surface area contributed by atoms with Crippen LogP contribution < -0.4 is 15.4 Å². The number of benzene rings is 2. The number of aromatic nitrogens is 3. The van der Waals surface area contributed by atoms with Crippen molar-refractivity contribution in [1.29, 1.82) is 0 Å². The van der Waals surface area contributed by atoms with E-state index >= 15 is 0 Å². The van der Waals surface area contributed by atoms with E-state index in [1.165, 1.54) is 23.1 Å². The molecule has 4 aromatic rings. The number of nitrogens with one attached hydrogen (secondary N) is 2. The Hall–Kier alpha value is -4.16. The summed E-state index contributed by atoms with van der Waals surface area (Å²) in [6.07, 6.45) is 3.99. The highest BCUT2D eigenvalue weighted by molar-refractivity contribution is 8.00. The molecule has 0 fully saturated rings. The number of esters is 1. The molecule has 44 heavy (non-hydrogen) atoms. The molecule has 12 heteroatoms. The maximum Gasteiger partial charge on any atom is 0.341 e. The molecule has 2 heterocycles. The molecule has 0 spiro atoms. The summed E-state index contributed by atoms with van der Waals surface area (Å²) in [4.78, 5) is 40.2. The van der Waals surface area contributed by atoms with Crippen molar-refractivity contribution in [3.63, 3.8) is 0 Å². The maximum absolute atomic E-state index is 13.5. The van der Waals surface area contributed by atoms with Crippen molar-refractivity contribution in [1.82, 2.24) is 20.1 Å². The summed E-state index contributed by atoms with van der Waals surface area (Å²) < 4.78 is 12.8. The molecule has 2 N–H and O–H groups in total. The summed E-state index contributed by atoms with van der Waals surface area (Å²) in [5.74, 6) is 0.250. The molecule has 0 saturated heterocycles. The second-order valence-corrected chi connectivity index (χ2v) is 12.6. The van der Waals surface area contributed by atoms with Crippen molar-refractivity contribution in [2.45, 2.75) is 62.9 Å². The van der Waals surface area contributed by atoms with Gasteiger partial charge in [-0.2, -0.15) is 0 Å². The molecule has 0 bridgehead atoms. The summed E-state index contributed by atoms with van der Waals surface area (Å²) in [7, 11) is 1.58. The van der Waals surface area contributed by atoms with Crippen LogP contribution >= 0.6 is 23.1 Å². The molecule has 1 aliphatic carbocycles. The van der Waals surface area contributed by atoms with Gasteiger partial charge in [0.25, 0.3) is 0 Å². The van der Waals surface area contributed by atoms with Crippen molar-refractivity contribution in [3.05, 3.63) is 82.0 Å². The van der Waals surface area contributed by atoms with E-state index in [2.05, 4.69) is 20.8 Å².